The smallest absolute Gasteiger partial charge is 0.369 e. The molecule has 1 fully saturated rings. The van der Waals surface area contributed by atoms with Gasteiger partial charge in [0.25, 0.3) is 0 Å². The first kappa shape index (κ1) is 12.5. The Hall–Kier alpha value is -0.970. The van der Waals surface area contributed by atoms with Gasteiger partial charge in [0, 0.05) is 12.7 Å². The normalized spacial score (nSPS) is 16.7. The molecule has 1 aliphatic rings. The molecule has 2 nitrogen and oxygen atoms in total. The predicted molar refractivity (Wildman–Crippen MR) is 60.1 cm³/mol. The highest BCUT2D eigenvalue weighted by atomic mass is 35.5. The zero-order chi connectivity index (χ0) is 12.5. The number of anilines is 1. The molecular weight excluding hydrogens is 253 g/mol. The third kappa shape index (κ3) is 3.03. The molecule has 1 N–H and O–H groups in total. The fourth-order valence-electron chi connectivity index (χ4n) is 1.66. The minimum Gasteiger partial charge on any atom is -0.369 e. The number of hydrogen-bond donors (Lipinski definition) is 1. The van der Waals surface area contributed by atoms with Crippen LogP contribution in [0.3, 0.4) is 0 Å². The molecule has 0 amide bonds. The number of aromatic nitrogens is 1. The summed E-state index contributed by atoms with van der Waals surface area (Å²) >= 11 is 5.76. The van der Waals surface area contributed by atoms with Crippen LogP contribution in [0.25, 0.3) is 0 Å². The molecule has 0 atom stereocenters. The zero-order valence-electron chi connectivity index (χ0n) is 9.02. The van der Waals surface area contributed by atoms with E-state index < -0.39 is 11.7 Å². The number of pyridine rings is 1. The topological polar surface area (TPSA) is 24.9 Å². The van der Waals surface area contributed by atoms with Gasteiger partial charge in [-0.15, -0.1) is 0 Å². The maximum absolute atomic E-state index is 12.4. The molecule has 0 unspecified atom stereocenters. The van der Waals surface area contributed by atoms with E-state index in [1.807, 2.05) is 0 Å². The fraction of sp³-hybridized carbons (Fsp3) is 0.545. The molecular formula is C11H12ClF3N2. The molecule has 1 aromatic heterocycles. The van der Waals surface area contributed by atoms with Crippen molar-refractivity contribution in [3.63, 3.8) is 0 Å². The zero-order valence-corrected chi connectivity index (χ0v) is 9.78. The summed E-state index contributed by atoms with van der Waals surface area (Å²) < 4.78 is 37.1. The Labute approximate surface area is 102 Å². The summed E-state index contributed by atoms with van der Waals surface area (Å²) in [7, 11) is 0. The second-order valence-corrected chi connectivity index (χ2v) is 4.64. The molecule has 17 heavy (non-hydrogen) atoms. The van der Waals surface area contributed by atoms with Gasteiger partial charge in [0.1, 0.15) is 5.82 Å². The van der Waals surface area contributed by atoms with Crippen molar-refractivity contribution in [3.05, 3.63) is 22.8 Å². The lowest BCUT2D eigenvalue weighted by molar-refractivity contribution is -0.137. The first-order chi connectivity index (χ1) is 7.97. The summed E-state index contributed by atoms with van der Waals surface area (Å²) in [5.74, 6) is 0.918. The van der Waals surface area contributed by atoms with Crippen molar-refractivity contribution in [2.45, 2.75) is 25.4 Å². The van der Waals surface area contributed by atoms with Crippen LogP contribution < -0.4 is 5.32 Å². The van der Waals surface area contributed by atoms with Crippen molar-refractivity contribution >= 4 is 17.4 Å². The van der Waals surface area contributed by atoms with Crippen molar-refractivity contribution in [2.75, 3.05) is 11.9 Å². The summed E-state index contributed by atoms with van der Waals surface area (Å²) in [6, 6.07) is 0.900. The Bertz CT molecular complexity index is 402. The van der Waals surface area contributed by atoms with E-state index in [4.69, 9.17) is 11.6 Å². The standard InChI is InChI=1S/C11H12ClF3N2/c12-9-4-8(11(13,14)15)6-17-10(9)16-5-7-2-1-3-7/h4,6-7H,1-3,5H2,(H,16,17). The van der Waals surface area contributed by atoms with E-state index in [2.05, 4.69) is 10.3 Å². The second-order valence-electron chi connectivity index (χ2n) is 4.23. The van der Waals surface area contributed by atoms with Crippen LogP contribution in [0, 0.1) is 5.92 Å². The van der Waals surface area contributed by atoms with Gasteiger partial charge in [-0.25, -0.2) is 4.98 Å². The van der Waals surface area contributed by atoms with E-state index in [9.17, 15) is 13.2 Å². The molecule has 0 aliphatic heterocycles. The monoisotopic (exact) mass is 264 g/mol. The minimum absolute atomic E-state index is 0.0131. The molecule has 1 aromatic rings. The van der Waals surface area contributed by atoms with Crippen molar-refractivity contribution in [1.82, 2.24) is 4.98 Å². The first-order valence-corrected chi connectivity index (χ1v) is 5.81. The lowest BCUT2D eigenvalue weighted by Gasteiger charge is -2.25. The molecule has 94 valence electrons. The lowest BCUT2D eigenvalue weighted by Crippen LogP contribution is -2.21. The molecule has 0 radical (unpaired) electrons. The van der Waals surface area contributed by atoms with Gasteiger partial charge >= 0.3 is 6.18 Å². The van der Waals surface area contributed by atoms with Crippen molar-refractivity contribution < 1.29 is 13.2 Å². The van der Waals surface area contributed by atoms with Gasteiger partial charge in [-0.3, -0.25) is 0 Å². The molecule has 0 bridgehead atoms. The second kappa shape index (κ2) is 4.72. The number of nitrogens with zero attached hydrogens (tertiary/aromatic N) is 1. The van der Waals surface area contributed by atoms with Crippen LogP contribution in [0.2, 0.25) is 5.02 Å². The minimum atomic E-state index is -4.40. The Morgan fingerprint density at radius 1 is 1.41 bits per heavy atom. The van der Waals surface area contributed by atoms with Crippen molar-refractivity contribution in [3.8, 4) is 0 Å². The van der Waals surface area contributed by atoms with Crippen LogP contribution in [0.1, 0.15) is 24.8 Å². The quantitative estimate of drug-likeness (QED) is 0.894. The maximum Gasteiger partial charge on any atom is 0.417 e. The Morgan fingerprint density at radius 3 is 2.59 bits per heavy atom. The Balaban J connectivity index is 2.03. The van der Waals surface area contributed by atoms with E-state index in [1.54, 1.807) is 0 Å². The summed E-state index contributed by atoms with van der Waals surface area (Å²) in [6.07, 6.45) is -0.0604. The number of halogens is 4. The van der Waals surface area contributed by atoms with Gasteiger partial charge in [0.05, 0.1) is 10.6 Å². The highest BCUT2D eigenvalue weighted by molar-refractivity contribution is 6.32. The summed E-state index contributed by atoms with van der Waals surface area (Å²) in [5, 5.41) is 3.00. The number of rotatable bonds is 3. The molecule has 0 aromatic carbocycles. The van der Waals surface area contributed by atoms with Crippen LogP contribution in [-0.2, 0) is 6.18 Å². The summed E-state index contributed by atoms with van der Waals surface area (Å²) in [4.78, 5) is 3.71. The van der Waals surface area contributed by atoms with Gasteiger partial charge in [-0.1, -0.05) is 18.0 Å². The van der Waals surface area contributed by atoms with Crippen molar-refractivity contribution in [2.24, 2.45) is 5.92 Å². The average molecular weight is 265 g/mol. The van der Waals surface area contributed by atoms with Gasteiger partial charge in [-0.05, 0) is 24.8 Å². The van der Waals surface area contributed by atoms with Gasteiger partial charge < -0.3 is 5.32 Å². The van der Waals surface area contributed by atoms with Gasteiger partial charge in [-0.2, -0.15) is 13.2 Å². The third-order valence-electron chi connectivity index (χ3n) is 2.95. The molecule has 6 heteroatoms. The van der Waals surface area contributed by atoms with Crippen LogP contribution >= 0.6 is 11.6 Å². The fourth-order valence-corrected chi connectivity index (χ4v) is 1.89. The molecule has 1 heterocycles. The molecule has 2 rings (SSSR count). The van der Waals surface area contributed by atoms with Gasteiger partial charge in [0.15, 0.2) is 0 Å². The average Bonchev–Trinajstić information content (AvgIpc) is 2.16. The van der Waals surface area contributed by atoms with Crippen LogP contribution in [0.5, 0.6) is 0 Å². The number of hydrogen-bond acceptors (Lipinski definition) is 2. The molecule has 1 saturated carbocycles. The Kier molecular flexibility index (Phi) is 3.47. The lowest BCUT2D eigenvalue weighted by atomic mass is 9.85. The summed E-state index contributed by atoms with van der Waals surface area (Å²) in [6.45, 7) is 0.720. The van der Waals surface area contributed by atoms with Crippen LogP contribution in [0.4, 0.5) is 19.0 Å². The molecule has 0 spiro atoms. The SMILES string of the molecule is FC(F)(F)c1cnc(NCC2CCC2)c(Cl)c1. The van der Waals surface area contributed by atoms with Crippen molar-refractivity contribution in [1.29, 1.82) is 0 Å². The van der Waals surface area contributed by atoms with Crippen LogP contribution in [-0.4, -0.2) is 11.5 Å². The largest absolute Gasteiger partial charge is 0.417 e. The number of nitrogens with one attached hydrogen (secondary N) is 1. The highest BCUT2D eigenvalue weighted by Crippen LogP contribution is 2.33. The predicted octanol–water partition coefficient (Wildman–Crippen LogP) is 3.97. The maximum atomic E-state index is 12.4. The van der Waals surface area contributed by atoms with E-state index in [0.29, 0.717) is 11.7 Å². The van der Waals surface area contributed by atoms with E-state index in [1.165, 1.54) is 6.42 Å². The van der Waals surface area contributed by atoms with Gasteiger partial charge in [0.2, 0.25) is 0 Å². The van der Waals surface area contributed by atoms with E-state index >= 15 is 0 Å². The summed E-state index contributed by atoms with van der Waals surface area (Å²) in [5.41, 5.74) is -0.823. The Morgan fingerprint density at radius 2 is 2.12 bits per heavy atom. The molecule has 1 aliphatic carbocycles. The first-order valence-electron chi connectivity index (χ1n) is 5.43. The van der Waals surface area contributed by atoms with E-state index in [-0.39, 0.29) is 5.02 Å². The molecule has 0 saturated heterocycles. The number of alkyl halides is 3. The third-order valence-corrected chi connectivity index (χ3v) is 3.24. The van der Waals surface area contributed by atoms with E-state index in [0.717, 1.165) is 31.6 Å². The highest BCUT2D eigenvalue weighted by Gasteiger charge is 2.31. The van der Waals surface area contributed by atoms with Crippen LogP contribution in [0.15, 0.2) is 12.3 Å².